The number of ketones is 1. The summed E-state index contributed by atoms with van der Waals surface area (Å²) >= 11 is 0. The minimum absolute atomic E-state index is 0.0691. The van der Waals surface area contributed by atoms with E-state index in [4.69, 9.17) is 0 Å². The Hall–Kier alpha value is -1.19. The molecule has 0 radical (unpaired) electrons. The van der Waals surface area contributed by atoms with Gasteiger partial charge < -0.3 is 10.6 Å². The van der Waals surface area contributed by atoms with Gasteiger partial charge in [-0.05, 0) is 60.6 Å². The molecule has 0 saturated heterocycles. The number of hydrogen-bond donors (Lipinski definition) is 2. The minimum Gasteiger partial charge on any atom is -0.315 e. The van der Waals surface area contributed by atoms with Crippen LogP contribution >= 0.6 is 0 Å². The fraction of sp³-hybridized carbons (Fsp3) is 0.682. The number of rotatable bonds is 4. The highest BCUT2D eigenvalue weighted by molar-refractivity contribution is 5.89. The highest BCUT2D eigenvalue weighted by Gasteiger charge is 2.31. The van der Waals surface area contributed by atoms with Crippen molar-refractivity contribution in [1.29, 1.82) is 0 Å². The Morgan fingerprint density at radius 1 is 0.880 bits per heavy atom. The van der Waals surface area contributed by atoms with Crippen molar-refractivity contribution in [2.45, 2.75) is 85.9 Å². The lowest BCUT2D eigenvalue weighted by Gasteiger charge is -2.32. The second-order valence-corrected chi connectivity index (χ2v) is 9.75. The molecule has 1 aromatic rings. The lowest BCUT2D eigenvalue weighted by Crippen LogP contribution is -2.51. The fourth-order valence-electron chi connectivity index (χ4n) is 2.10. The maximum atomic E-state index is 12.6. The van der Waals surface area contributed by atoms with Crippen LogP contribution in [-0.2, 0) is 11.2 Å². The summed E-state index contributed by atoms with van der Waals surface area (Å²) in [5, 5.41) is 6.57. The SMILES string of the molecule is CC(C)(C)NC(Cc1ccccc1)C(=O)C(C)(C)C.CNC(C)(C)C. The number of nitrogens with one attached hydrogen (secondary N) is 2. The third-order valence-corrected chi connectivity index (χ3v) is 3.70. The molecule has 0 aromatic heterocycles. The molecule has 0 aliphatic carbocycles. The number of carbonyl (C=O) groups excluding carboxylic acids is 1. The second kappa shape index (κ2) is 9.49. The van der Waals surface area contributed by atoms with Crippen molar-refractivity contribution in [2.24, 2.45) is 5.41 Å². The van der Waals surface area contributed by atoms with Crippen LogP contribution in [0.4, 0.5) is 0 Å². The lowest BCUT2D eigenvalue weighted by atomic mass is 9.83. The molecule has 1 atom stereocenters. The molecule has 0 saturated carbocycles. The van der Waals surface area contributed by atoms with Crippen LogP contribution in [0, 0.1) is 5.41 Å². The lowest BCUT2D eigenvalue weighted by molar-refractivity contribution is -0.128. The van der Waals surface area contributed by atoms with Gasteiger partial charge in [-0.2, -0.15) is 0 Å². The molecule has 25 heavy (non-hydrogen) atoms. The van der Waals surface area contributed by atoms with E-state index in [0.717, 1.165) is 6.42 Å². The first-order valence-corrected chi connectivity index (χ1v) is 9.20. The summed E-state index contributed by atoms with van der Waals surface area (Å²) < 4.78 is 0. The maximum Gasteiger partial charge on any atom is 0.155 e. The van der Waals surface area contributed by atoms with Crippen LogP contribution in [0.1, 0.15) is 67.9 Å². The van der Waals surface area contributed by atoms with Gasteiger partial charge in [0.1, 0.15) is 0 Å². The third kappa shape index (κ3) is 11.9. The molecule has 0 spiro atoms. The van der Waals surface area contributed by atoms with Crippen molar-refractivity contribution >= 4 is 5.78 Å². The first-order valence-electron chi connectivity index (χ1n) is 9.20. The molecule has 3 heteroatoms. The van der Waals surface area contributed by atoms with Gasteiger partial charge in [-0.1, -0.05) is 51.1 Å². The topological polar surface area (TPSA) is 41.1 Å². The Kier molecular flexibility index (Phi) is 9.04. The summed E-state index contributed by atoms with van der Waals surface area (Å²) in [6.07, 6.45) is 0.744. The first-order chi connectivity index (χ1) is 11.2. The maximum absolute atomic E-state index is 12.6. The highest BCUT2D eigenvalue weighted by Crippen LogP contribution is 2.20. The molecule has 0 heterocycles. The monoisotopic (exact) mass is 348 g/mol. The molecule has 1 rings (SSSR count). The van der Waals surface area contributed by atoms with E-state index in [1.54, 1.807) is 0 Å². The minimum atomic E-state index is -0.322. The van der Waals surface area contributed by atoms with E-state index in [0.29, 0.717) is 5.54 Å². The molecule has 3 nitrogen and oxygen atoms in total. The predicted octanol–water partition coefficient (Wildman–Crippen LogP) is 4.61. The van der Waals surface area contributed by atoms with E-state index in [2.05, 4.69) is 64.3 Å². The quantitative estimate of drug-likeness (QED) is 0.835. The molecule has 1 aromatic carbocycles. The van der Waals surface area contributed by atoms with Crippen LogP contribution in [0.15, 0.2) is 30.3 Å². The number of benzene rings is 1. The molecule has 2 N–H and O–H groups in total. The average Bonchev–Trinajstić information content (AvgIpc) is 2.44. The zero-order chi connectivity index (χ0) is 19.9. The summed E-state index contributed by atoms with van der Waals surface area (Å²) in [6, 6.07) is 10.1. The zero-order valence-electron chi connectivity index (χ0n) is 18.1. The van der Waals surface area contributed by atoms with Gasteiger partial charge in [0.05, 0.1) is 6.04 Å². The van der Waals surface area contributed by atoms with Crippen LogP contribution in [-0.4, -0.2) is 30.0 Å². The molecule has 0 bridgehead atoms. The average molecular weight is 349 g/mol. The smallest absolute Gasteiger partial charge is 0.155 e. The third-order valence-electron chi connectivity index (χ3n) is 3.70. The fourth-order valence-corrected chi connectivity index (χ4v) is 2.10. The van der Waals surface area contributed by atoms with Crippen molar-refractivity contribution in [2.75, 3.05) is 7.05 Å². The summed E-state index contributed by atoms with van der Waals surface area (Å²) in [6.45, 7) is 18.6. The van der Waals surface area contributed by atoms with E-state index >= 15 is 0 Å². The summed E-state index contributed by atoms with van der Waals surface area (Å²) in [4.78, 5) is 12.6. The van der Waals surface area contributed by atoms with Crippen molar-refractivity contribution in [3.8, 4) is 0 Å². The summed E-state index contributed by atoms with van der Waals surface area (Å²) in [5.74, 6) is 0.270. The Morgan fingerprint density at radius 3 is 1.64 bits per heavy atom. The van der Waals surface area contributed by atoms with Gasteiger partial charge in [-0.25, -0.2) is 0 Å². The number of carbonyl (C=O) groups is 1. The molecule has 1 unspecified atom stereocenters. The Bertz CT molecular complexity index is 502. The van der Waals surface area contributed by atoms with Crippen LogP contribution < -0.4 is 10.6 Å². The van der Waals surface area contributed by atoms with E-state index < -0.39 is 0 Å². The zero-order valence-corrected chi connectivity index (χ0v) is 18.1. The van der Waals surface area contributed by atoms with Crippen molar-refractivity contribution in [3.63, 3.8) is 0 Å². The first kappa shape index (κ1) is 23.8. The molecular weight excluding hydrogens is 308 g/mol. The normalized spacial score (nSPS) is 13.7. The molecular formula is C22H40N2O. The summed E-state index contributed by atoms with van der Waals surface area (Å²) in [7, 11) is 1.96. The Balaban J connectivity index is 0.000000823. The molecule has 0 aliphatic heterocycles. The van der Waals surface area contributed by atoms with Crippen molar-refractivity contribution in [3.05, 3.63) is 35.9 Å². The van der Waals surface area contributed by atoms with Gasteiger partial charge in [0.25, 0.3) is 0 Å². The van der Waals surface area contributed by atoms with E-state index in [-0.39, 0.29) is 22.8 Å². The number of hydrogen-bond acceptors (Lipinski definition) is 3. The van der Waals surface area contributed by atoms with Crippen molar-refractivity contribution < 1.29 is 4.79 Å². The van der Waals surface area contributed by atoms with Gasteiger partial charge in [-0.15, -0.1) is 0 Å². The Morgan fingerprint density at radius 2 is 1.32 bits per heavy atom. The standard InChI is InChI=1S/C17H27NO.C5H13N/c1-16(2,3)15(19)14(18-17(4,5)6)12-13-10-8-7-9-11-13;1-5(2,3)6-4/h7-11,14,18H,12H2,1-6H3;6H,1-4H3. The molecule has 144 valence electrons. The van der Waals surface area contributed by atoms with Crippen LogP contribution in [0.2, 0.25) is 0 Å². The van der Waals surface area contributed by atoms with Gasteiger partial charge in [0, 0.05) is 16.5 Å². The van der Waals surface area contributed by atoms with E-state index in [1.807, 2.05) is 46.0 Å². The van der Waals surface area contributed by atoms with Gasteiger partial charge in [0.15, 0.2) is 5.78 Å². The molecule has 0 amide bonds. The van der Waals surface area contributed by atoms with E-state index in [1.165, 1.54) is 5.56 Å². The Labute approximate surface area is 156 Å². The van der Waals surface area contributed by atoms with Gasteiger partial charge in [-0.3, -0.25) is 4.79 Å². The van der Waals surface area contributed by atoms with E-state index in [9.17, 15) is 4.79 Å². The number of Topliss-reactive ketones (excluding diaryl/α,β-unsaturated/α-hetero) is 1. The van der Waals surface area contributed by atoms with Crippen LogP contribution in [0.25, 0.3) is 0 Å². The van der Waals surface area contributed by atoms with Gasteiger partial charge >= 0.3 is 0 Å². The van der Waals surface area contributed by atoms with Gasteiger partial charge in [0.2, 0.25) is 0 Å². The predicted molar refractivity (Wildman–Crippen MR) is 110 cm³/mol. The second-order valence-electron chi connectivity index (χ2n) is 9.75. The largest absolute Gasteiger partial charge is 0.315 e. The van der Waals surface area contributed by atoms with Crippen LogP contribution in [0.3, 0.4) is 0 Å². The van der Waals surface area contributed by atoms with Crippen LogP contribution in [0.5, 0.6) is 0 Å². The highest BCUT2D eigenvalue weighted by atomic mass is 16.1. The molecule has 0 fully saturated rings. The summed E-state index contributed by atoms with van der Waals surface area (Å²) in [5.41, 5.74) is 1.10. The van der Waals surface area contributed by atoms with Crippen molar-refractivity contribution in [1.82, 2.24) is 10.6 Å². The molecule has 0 aliphatic rings.